The number of hydrogen-bond acceptors (Lipinski definition) is 2. The first kappa shape index (κ1) is 16.9. The van der Waals surface area contributed by atoms with Crippen molar-refractivity contribution in [3.05, 3.63) is 29.3 Å². The van der Waals surface area contributed by atoms with Gasteiger partial charge >= 0.3 is 0 Å². The highest BCUT2D eigenvalue weighted by Gasteiger charge is 2.17. The highest BCUT2D eigenvalue weighted by Crippen LogP contribution is 2.24. The fourth-order valence-electron chi connectivity index (χ4n) is 2.27. The standard InChI is InChI=1S/C16H26ClNS/c1-4-11-18-16(13(5-2)6-3)12-19-15-9-7-14(17)8-10-15/h7-10,13,16,18H,4-6,11-12H2,1-3H3. The molecule has 3 heteroatoms. The van der Waals surface area contributed by atoms with Crippen LogP contribution >= 0.6 is 23.4 Å². The molecule has 0 aromatic heterocycles. The van der Waals surface area contributed by atoms with E-state index in [-0.39, 0.29) is 0 Å². The Balaban J connectivity index is 2.53. The second kappa shape index (κ2) is 9.68. The van der Waals surface area contributed by atoms with Crippen molar-refractivity contribution in [2.75, 3.05) is 12.3 Å². The van der Waals surface area contributed by atoms with Crippen LogP contribution in [0.4, 0.5) is 0 Å². The molecule has 0 spiro atoms. The Morgan fingerprint density at radius 3 is 2.26 bits per heavy atom. The Morgan fingerprint density at radius 2 is 1.74 bits per heavy atom. The van der Waals surface area contributed by atoms with Crippen molar-refractivity contribution in [3.8, 4) is 0 Å². The zero-order valence-corrected chi connectivity index (χ0v) is 13.9. The number of hydrogen-bond donors (Lipinski definition) is 1. The molecule has 1 aromatic carbocycles. The fourth-order valence-corrected chi connectivity index (χ4v) is 3.48. The molecule has 0 saturated carbocycles. The molecule has 1 aromatic rings. The lowest BCUT2D eigenvalue weighted by Gasteiger charge is -2.26. The highest BCUT2D eigenvalue weighted by atomic mass is 35.5. The lowest BCUT2D eigenvalue weighted by Crippen LogP contribution is -2.38. The molecule has 0 bridgehead atoms. The predicted octanol–water partition coefficient (Wildman–Crippen LogP) is 5.24. The van der Waals surface area contributed by atoms with Gasteiger partial charge in [-0.25, -0.2) is 0 Å². The second-order valence-corrected chi connectivity index (χ2v) is 6.43. The normalized spacial score (nSPS) is 12.9. The Kier molecular flexibility index (Phi) is 8.60. The van der Waals surface area contributed by atoms with Gasteiger partial charge in [0.1, 0.15) is 0 Å². The minimum Gasteiger partial charge on any atom is -0.313 e. The summed E-state index contributed by atoms with van der Waals surface area (Å²) in [6, 6.07) is 8.76. The highest BCUT2D eigenvalue weighted by molar-refractivity contribution is 7.99. The summed E-state index contributed by atoms with van der Waals surface area (Å²) in [5.74, 6) is 1.90. The Labute approximate surface area is 127 Å². The molecule has 1 nitrogen and oxygen atoms in total. The van der Waals surface area contributed by atoms with Crippen LogP contribution in [0.3, 0.4) is 0 Å². The first-order chi connectivity index (χ1) is 9.21. The second-order valence-electron chi connectivity index (χ2n) is 4.90. The molecule has 19 heavy (non-hydrogen) atoms. The Bertz CT molecular complexity index is 335. The smallest absolute Gasteiger partial charge is 0.0406 e. The van der Waals surface area contributed by atoms with Crippen molar-refractivity contribution < 1.29 is 0 Å². The zero-order valence-electron chi connectivity index (χ0n) is 12.3. The van der Waals surface area contributed by atoms with Crippen molar-refractivity contribution in [2.45, 2.75) is 51.0 Å². The van der Waals surface area contributed by atoms with Crippen LogP contribution in [0.2, 0.25) is 5.02 Å². The molecule has 1 atom stereocenters. The minimum atomic E-state index is 0.607. The summed E-state index contributed by atoms with van der Waals surface area (Å²) >= 11 is 7.84. The van der Waals surface area contributed by atoms with Crippen molar-refractivity contribution in [1.82, 2.24) is 5.32 Å². The van der Waals surface area contributed by atoms with Gasteiger partial charge in [0.25, 0.3) is 0 Å². The quantitative estimate of drug-likeness (QED) is 0.626. The molecule has 1 N–H and O–H groups in total. The van der Waals surface area contributed by atoms with Gasteiger partial charge in [0.15, 0.2) is 0 Å². The van der Waals surface area contributed by atoms with E-state index < -0.39 is 0 Å². The van der Waals surface area contributed by atoms with E-state index in [1.807, 2.05) is 23.9 Å². The first-order valence-corrected chi connectivity index (χ1v) is 8.69. The number of halogens is 1. The van der Waals surface area contributed by atoms with Crippen LogP contribution in [0, 0.1) is 5.92 Å². The summed E-state index contributed by atoms with van der Waals surface area (Å²) in [5.41, 5.74) is 0. The van der Waals surface area contributed by atoms with Gasteiger partial charge in [-0.1, -0.05) is 45.2 Å². The molecule has 1 rings (SSSR count). The molecule has 0 radical (unpaired) electrons. The molecular formula is C16H26ClNS. The summed E-state index contributed by atoms with van der Waals surface area (Å²) in [4.78, 5) is 1.30. The number of thioether (sulfide) groups is 1. The molecule has 0 saturated heterocycles. The predicted molar refractivity (Wildman–Crippen MR) is 88.3 cm³/mol. The van der Waals surface area contributed by atoms with Gasteiger partial charge in [-0.3, -0.25) is 0 Å². The Morgan fingerprint density at radius 1 is 1.11 bits per heavy atom. The lowest BCUT2D eigenvalue weighted by molar-refractivity contribution is 0.360. The van der Waals surface area contributed by atoms with Gasteiger partial charge in [-0.05, 0) is 43.1 Å². The van der Waals surface area contributed by atoms with Crippen LogP contribution in [0.1, 0.15) is 40.0 Å². The maximum absolute atomic E-state index is 5.92. The summed E-state index contributed by atoms with van der Waals surface area (Å²) in [6.45, 7) is 7.93. The van der Waals surface area contributed by atoms with Crippen LogP contribution in [0.15, 0.2) is 29.2 Å². The van der Waals surface area contributed by atoms with Gasteiger partial charge in [-0.2, -0.15) is 0 Å². The van der Waals surface area contributed by atoms with Gasteiger partial charge in [0.2, 0.25) is 0 Å². The van der Waals surface area contributed by atoms with Crippen LogP contribution in [0.5, 0.6) is 0 Å². The third kappa shape index (κ3) is 6.20. The number of benzene rings is 1. The van der Waals surface area contributed by atoms with Crippen LogP contribution in [-0.2, 0) is 0 Å². The maximum atomic E-state index is 5.92. The molecule has 0 heterocycles. The van der Waals surface area contributed by atoms with Gasteiger partial charge < -0.3 is 5.32 Å². The van der Waals surface area contributed by atoms with E-state index in [2.05, 4.69) is 38.2 Å². The molecule has 1 unspecified atom stereocenters. The summed E-state index contributed by atoms with van der Waals surface area (Å²) in [5, 5.41) is 4.52. The SMILES string of the molecule is CCCNC(CSc1ccc(Cl)cc1)C(CC)CC. The van der Waals surface area contributed by atoms with Crippen molar-refractivity contribution in [2.24, 2.45) is 5.92 Å². The molecule has 0 amide bonds. The third-order valence-corrected chi connectivity index (χ3v) is 4.90. The fraction of sp³-hybridized carbons (Fsp3) is 0.625. The molecular weight excluding hydrogens is 274 g/mol. The monoisotopic (exact) mass is 299 g/mol. The van der Waals surface area contributed by atoms with Crippen molar-refractivity contribution >= 4 is 23.4 Å². The molecule has 0 aliphatic carbocycles. The average Bonchev–Trinajstić information content (AvgIpc) is 2.44. The van der Waals surface area contributed by atoms with E-state index in [0.717, 1.165) is 23.2 Å². The molecule has 0 aliphatic rings. The topological polar surface area (TPSA) is 12.0 Å². The lowest BCUT2D eigenvalue weighted by atomic mass is 9.95. The molecule has 0 fully saturated rings. The molecule has 0 aliphatic heterocycles. The number of rotatable bonds is 9. The Hall–Kier alpha value is -0.180. The zero-order chi connectivity index (χ0) is 14.1. The summed E-state index contributed by atoms with van der Waals surface area (Å²) < 4.78 is 0. The average molecular weight is 300 g/mol. The largest absolute Gasteiger partial charge is 0.313 e. The van der Waals surface area contributed by atoms with E-state index in [1.165, 1.54) is 24.2 Å². The van der Waals surface area contributed by atoms with E-state index >= 15 is 0 Å². The summed E-state index contributed by atoms with van der Waals surface area (Å²) in [6.07, 6.45) is 3.69. The van der Waals surface area contributed by atoms with Crippen LogP contribution < -0.4 is 5.32 Å². The van der Waals surface area contributed by atoms with Gasteiger partial charge in [-0.15, -0.1) is 11.8 Å². The third-order valence-electron chi connectivity index (χ3n) is 3.52. The van der Waals surface area contributed by atoms with Crippen molar-refractivity contribution in [3.63, 3.8) is 0 Å². The van der Waals surface area contributed by atoms with Crippen LogP contribution in [0.25, 0.3) is 0 Å². The van der Waals surface area contributed by atoms with Crippen LogP contribution in [-0.4, -0.2) is 18.3 Å². The van der Waals surface area contributed by atoms with Gasteiger partial charge in [0.05, 0.1) is 0 Å². The van der Waals surface area contributed by atoms with Crippen molar-refractivity contribution in [1.29, 1.82) is 0 Å². The van der Waals surface area contributed by atoms with E-state index in [0.29, 0.717) is 6.04 Å². The minimum absolute atomic E-state index is 0.607. The summed E-state index contributed by atoms with van der Waals surface area (Å²) in [7, 11) is 0. The molecule has 108 valence electrons. The maximum Gasteiger partial charge on any atom is 0.0406 e. The number of nitrogens with one attached hydrogen (secondary N) is 1. The van der Waals surface area contributed by atoms with E-state index in [9.17, 15) is 0 Å². The van der Waals surface area contributed by atoms with Gasteiger partial charge in [0, 0.05) is 21.7 Å². The first-order valence-electron chi connectivity index (χ1n) is 7.32. The van der Waals surface area contributed by atoms with E-state index in [4.69, 9.17) is 11.6 Å². The van der Waals surface area contributed by atoms with E-state index in [1.54, 1.807) is 0 Å².